The predicted molar refractivity (Wildman–Crippen MR) is 172 cm³/mol. The van der Waals surface area contributed by atoms with E-state index in [2.05, 4.69) is 26.2 Å². The molecule has 1 heterocycles. The molecule has 10 heteroatoms. The van der Waals surface area contributed by atoms with E-state index in [1.54, 1.807) is 26.0 Å². The van der Waals surface area contributed by atoms with Gasteiger partial charge in [-0.25, -0.2) is 0 Å². The summed E-state index contributed by atoms with van der Waals surface area (Å²) in [6.45, 7) is 10.6. The van der Waals surface area contributed by atoms with Crippen LogP contribution in [0.25, 0.3) is 11.1 Å². The van der Waals surface area contributed by atoms with Gasteiger partial charge in [-0.1, -0.05) is 39.0 Å². The first-order valence-corrected chi connectivity index (χ1v) is 15.9. The van der Waals surface area contributed by atoms with Gasteiger partial charge in [-0.15, -0.1) is 5.06 Å². The molecule has 0 amide bonds. The van der Waals surface area contributed by atoms with Crippen LogP contribution in [0.1, 0.15) is 63.4 Å². The number of fused-ring (bicyclic) bond motifs is 2. The van der Waals surface area contributed by atoms with E-state index in [-0.39, 0.29) is 30.1 Å². The number of Topliss-reactive ketones (excluding diaryl/α,β-unsaturated/α-hetero) is 1. The SMILES string of the molecule is COc1c(CN2O[C@@H](CN)[C@@H]([C@H](C)O)[C@H]2[NH+]([O-])N[C@H]2C[C@H]3C[C@@H]([C@@H]2C)C3(C)C)cccc1-c1cc(C(C)=O)cc(N(C)C)c1. The zero-order valence-electron chi connectivity index (χ0n) is 27.5. The van der Waals surface area contributed by atoms with Crippen LogP contribution >= 0.6 is 0 Å². The predicted octanol–water partition coefficient (Wildman–Crippen LogP) is 2.99. The smallest absolute Gasteiger partial charge is 0.191 e. The molecule has 2 bridgehead atoms. The number of aliphatic hydroxyl groups excluding tert-OH is 1. The molecule has 242 valence electrons. The summed E-state index contributed by atoms with van der Waals surface area (Å²) in [6.07, 6.45) is 0.162. The van der Waals surface area contributed by atoms with E-state index in [0.717, 1.165) is 28.8 Å². The Kier molecular flexibility index (Phi) is 9.45. The largest absolute Gasteiger partial charge is 0.612 e. The molecular weight excluding hydrogens is 558 g/mol. The Bertz CT molecular complexity index is 1350. The van der Waals surface area contributed by atoms with Crippen molar-refractivity contribution in [2.24, 2.45) is 34.8 Å². The molecule has 10 nitrogen and oxygen atoms in total. The number of anilines is 1. The number of ketones is 1. The summed E-state index contributed by atoms with van der Waals surface area (Å²) in [5.74, 6) is 1.70. The topological polar surface area (TPSA) is 128 Å². The average molecular weight is 610 g/mol. The minimum Gasteiger partial charge on any atom is -0.612 e. The van der Waals surface area contributed by atoms with Crippen LogP contribution in [0.15, 0.2) is 36.4 Å². The number of para-hydroxylation sites is 1. The summed E-state index contributed by atoms with van der Waals surface area (Å²) in [6, 6.07) is 11.7. The van der Waals surface area contributed by atoms with Crippen molar-refractivity contribution >= 4 is 11.5 Å². The lowest BCUT2D eigenvalue weighted by Gasteiger charge is -2.62. The molecule has 0 aromatic heterocycles. The first-order chi connectivity index (χ1) is 20.8. The van der Waals surface area contributed by atoms with Gasteiger partial charge in [0.1, 0.15) is 11.9 Å². The number of hydroxylamine groups is 3. The molecule has 2 aromatic carbocycles. The van der Waals surface area contributed by atoms with Crippen LogP contribution in [0, 0.1) is 34.3 Å². The number of nitrogens with one attached hydrogen (secondary N) is 2. The van der Waals surface area contributed by atoms with Gasteiger partial charge in [0.05, 0.1) is 31.7 Å². The van der Waals surface area contributed by atoms with Crippen LogP contribution in [-0.2, 0) is 11.4 Å². The summed E-state index contributed by atoms with van der Waals surface area (Å²) < 4.78 is 5.98. The molecule has 5 N–H and O–H groups in total. The van der Waals surface area contributed by atoms with Crippen LogP contribution in [0.5, 0.6) is 5.75 Å². The van der Waals surface area contributed by atoms with Gasteiger partial charge in [0, 0.05) is 43.0 Å². The summed E-state index contributed by atoms with van der Waals surface area (Å²) in [7, 11) is 5.51. The second kappa shape index (κ2) is 12.7. The molecule has 4 aliphatic rings. The third kappa shape index (κ3) is 5.89. The fraction of sp³-hybridized carbons (Fsp3) is 0.618. The first kappa shape index (κ1) is 32.8. The number of carbonyl (C=O) groups is 1. The monoisotopic (exact) mass is 609 g/mol. The molecule has 3 aliphatic carbocycles. The van der Waals surface area contributed by atoms with Crippen molar-refractivity contribution in [3.8, 4) is 16.9 Å². The van der Waals surface area contributed by atoms with Crippen molar-refractivity contribution in [3.05, 3.63) is 52.7 Å². The Hall–Kier alpha value is -2.57. The van der Waals surface area contributed by atoms with E-state index in [9.17, 15) is 15.1 Å². The van der Waals surface area contributed by atoms with E-state index in [1.807, 2.05) is 55.4 Å². The molecule has 44 heavy (non-hydrogen) atoms. The average Bonchev–Trinajstić information content (AvgIpc) is 3.36. The number of nitrogens with two attached hydrogens (primary N) is 1. The Balaban J connectivity index is 1.46. The molecule has 1 unspecified atom stereocenters. The number of hydrogen-bond donors (Lipinski definition) is 4. The van der Waals surface area contributed by atoms with Crippen molar-refractivity contribution in [2.75, 3.05) is 32.6 Å². The minimum absolute atomic E-state index is 0.0189. The third-order valence-electron chi connectivity index (χ3n) is 10.9. The zero-order chi connectivity index (χ0) is 32.1. The van der Waals surface area contributed by atoms with Gasteiger partial charge in [-0.2, -0.15) is 5.43 Å². The van der Waals surface area contributed by atoms with Gasteiger partial charge in [0.25, 0.3) is 0 Å². The highest BCUT2D eigenvalue weighted by Gasteiger charge is 2.57. The van der Waals surface area contributed by atoms with Crippen LogP contribution in [0.3, 0.4) is 0 Å². The molecule has 6 rings (SSSR count). The fourth-order valence-corrected chi connectivity index (χ4v) is 8.10. The van der Waals surface area contributed by atoms with Gasteiger partial charge in [0.15, 0.2) is 11.9 Å². The maximum Gasteiger partial charge on any atom is 0.191 e. The molecule has 9 atom stereocenters. The zero-order valence-corrected chi connectivity index (χ0v) is 27.5. The standard InChI is InChI=1S/C34H51N5O5/c1-19-28-15-25(34(28,4)5)16-29(19)36-39(42)33-31(21(3)41)30(17-35)44-38(33)18-22-10-9-11-27(32(22)43-8)24-12-23(20(2)40)13-26(14-24)37(6)7/h9-14,19,21,25,28-31,33,36,39,41H,15-18,35H2,1-8H3/t19-,21-,25+,28-,29-,30-,31+,33+/m0/s1. The van der Waals surface area contributed by atoms with E-state index in [1.165, 1.54) is 6.42 Å². The molecule has 0 spiro atoms. The summed E-state index contributed by atoms with van der Waals surface area (Å²) in [5.41, 5.74) is 13.8. The number of benzene rings is 2. The van der Waals surface area contributed by atoms with Crippen LogP contribution in [0.2, 0.25) is 0 Å². The first-order valence-electron chi connectivity index (χ1n) is 15.9. The Morgan fingerprint density at radius 1 is 1.30 bits per heavy atom. The molecule has 0 radical (unpaired) electrons. The lowest BCUT2D eigenvalue weighted by Crippen LogP contribution is -3.21. The van der Waals surface area contributed by atoms with Crippen molar-refractivity contribution in [3.63, 3.8) is 0 Å². The van der Waals surface area contributed by atoms with E-state index >= 15 is 0 Å². The number of methoxy groups -OCH3 is 1. The third-order valence-corrected chi connectivity index (χ3v) is 10.9. The van der Waals surface area contributed by atoms with Crippen LogP contribution in [0.4, 0.5) is 5.69 Å². The number of carbonyl (C=O) groups excluding carboxylic acids is 1. The van der Waals surface area contributed by atoms with Crippen molar-refractivity contribution in [2.45, 2.75) is 78.4 Å². The molecule has 2 aromatic rings. The van der Waals surface area contributed by atoms with Crippen LogP contribution < -0.4 is 26.0 Å². The molecule has 3 saturated carbocycles. The molecule has 1 saturated heterocycles. The Labute approximate surface area is 262 Å². The minimum atomic E-state index is -0.799. The van der Waals surface area contributed by atoms with Crippen LogP contribution in [-0.4, -0.2) is 68.1 Å². The fourth-order valence-electron chi connectivity index (χ4n) is 8.10. The lowest BCUT2D eigenvalue weighted by molar-refractivity contribution is -0.944. The normalized spacial score (nSPS) is 30.8. The second-order valence-corrected chi connectivity index (χ2v) is 14.0. The number of ether oxygens (including phenoxy) is 1. The maximum absolute atomic E-state index is 14.1. The second-order valence-electron chi connectivity index (χ2n) is 14.0. The number of quaternary nitrogens is 1. The maximum atomic E-state index is 14.1. The number of nitrogens with zero attached hydrogens (tertiary/aromatic N) is 2. The number of hydrogen-bond acceptors (Lipinski definition) is 9. The highest BCUT2D eigenvalue weighted by molar-refractivity contribution is 5.97. The summed E-state index contributed by atoms with van der Waals surface area (Å²) in [4.78, 5) is 20.7. The number of rotatable bonds is 11. The number of aliphatic hydroxyl groups is 1. The van der Waals surface area contributed by atoms with E-state index in [0.29, 0.717) is 34.5 Å². The van der Waals surface area contributed by atoms with E-state index in [4.69, 9.17) is 15.3 Å². The van der Waals surface area contributed by atoms with Gasteiger partial charge in [-0.3, -0.25) is 14.8 Å². The van der Waals surface area contributed by atoms with Gasteiger partial charge in [-0.05, 0) is 73.6 Å². The lowest BCUT2D eigenvalue weighted by atomic mass is 9.45. The Morgan fingerprint density at radius 2 is 2.02 bits per heavy atom. The van der Waals surface area contributed by atoms with Crippen molar-refractivity contribution in [1.82, 2.24) is 10.5 Å². The van der Waals surface area contributed by atoms with E-state index < -0.39 is 24.3 Å². The van der Waals surface area contributed by atoms with Crippen molar-refractivity contribution < 1.29 is 24.6 Å². The highest BCUT2D eigenvalue weighted by atomic mass is 16.7. The molecular formula is C34H51N5O5. The van der Waals surface area contributed by atoms with Gasteiger partial charge in [0.2, 0.25) is 0 Å². The molecule has 1 aliphatic heterocycles. The Morgan fingerprint density at radius 3 is 2.59 bits per heavy atom. The highest BCUT2D eigenvalue weighted by Crippen LogP contribution is 2.61. The van der Waals surface area contributed by atoms with Crippen molar-refractivity contribution in [1.29, 1.82) is 0 Å². The quantitative estimate of drug-likeness (QED) is 0.225. The summed E-state index contributed by atoms with van der Waals surface area (Å²) in [5, 5.41) is 26.5. The summed E-state index contributed by atoms with van der Waals surface area (Å²) >= 11 is 0. The van der Waals surface area contributed by atoms with Gasteiger partial charge >= 0.3 is 0 Å². The van der Waals surface area contributed by atoms with Gasteiger partial charge < -0.3 is 25.7 Å². The molecule has 4 fully saturated rings.